The number of carboxylic acid groups (broad SMARTS) is 1. The van der Waals surface area contributed by atoms with Crippen molar-refractivity contribution in [3.05, 3.63) is 58.3 Å². The quantitative estimate of drug-likeness (QED) is 0.782. The number of thiocarbonyl (C=S) groups is 1. The molecule has 0 radical (unpaired) electrons. The predicted molar refractivity (Wildman–Crippen MR) is 86.4 cm³/mol. The van der Waals surface area contributed by atoms with Crippen LogP contribution < -0.4 is 15.7 Å². The van der Waals surface area contributed by atoms with E-state index in [2.05, 4.69) is 31.5 Å². The molecule has 22 heavy (non-hydrogen) atoms. The van der Waals surface area contributed by atoms with E-state index < -0.39 is 11.9 Å². The second-order valence-electron chi connectivity index (χ2n) is 4.16. The number of amides is 1. The molecule has 1 heterocycles. The third-order valence-electron chi connectivity index (χ3n) is 2.57. The standard InChI is InChI=1S/C14H10BrN3O3S/c15-10-5-9(6-16-7-10)12(19)18-14(22)17-11-3-1-8(2-4-11)13(20)21/h1-7H,(H,20,21)(H2,17,18,19,22)/p-1. The number of nitrogens with one attached hydrogen (secondary N) is 2. The molecule has 0 atom stereocenters. The summed E-state index contributed by atoms with van der Waals surface area (Å²) in [7, 11) is 0. The highest BCUT2D eigenvalue weighted by Crippen LogP contribution is 2.10. The Morgan fingerprint density at radius 3 is 2.41 bits per heavy atom. The Labute approximate surface area is 139 Å². The van der Waals surface area contributed by atoms with Crippen LogP contribution in [0.4, 0.5) is 5.69 Å². The van der Waals surface area contributed by atoms with Gasteiger partial charge in [0.25, 0.3) is 5.91 Å². The van der Waals surface area contributed by atoms with Crippen LogP contribution in [0.25, 0.3) is 0 Å². The third-order valence-corrected chi connectivity index (χ3v) is 3.21. The van der Waals surface area contributed by atoms with Gasteiger partial charge in [0.1, 0.15) is 0 Å². The first-order chi connectivity index (χ1) is 10.5. The van der Waals surface area contributed by atoms with Gasteiger partial charge < -0.3 is 15.2 Å². The number of hydrogen-bond acceptors (Lipinski definition) is 5. The number of benzene rings is 1. The molecule has 0 spiro atoms. The number of nitrogens with zero attached hydrogens (tertiary/aromatic N) is 1. The molecule has 0 saturated carbocycles. The summed E-state index contributed by atoms with van der Waals surface area (Å²) in [5, 5.41) is 16.0. The smallest absolute Gasteiger partial charge is 0.259 e. The summed E-state index contributed by atoms with van der Waals surface area (Å²) >= 11 is 8.25. The van der Waals surface area contributed by atoms with Crippen LogP contribution >= 0.6 is 28.1 Å². The average Bonchev–Trinajstić information content (AvgIpc) is 2.47. The Morgan fingerprint density at radius 2 is 1.82 bits per heavy atom. The number of hydrogen-bond donors (Lipinski definition) is 2. The molecule has 0 bridgehead atoms. The summed E-state index contributed by atoms with van der Waals surface area (Å²) in [5.74, 6) is -1.66. The SMILES string of the molecule is O=C([O-])c1ccc(NC(=S)NC(=O)c2cncc(Br)c2)cc1. The first-order valence-electron chi connectivity index (χ1n) is 6.00. The highest BCUT2D eigenvalue weighted by molar-refractivity contribution is 9.10. The number of carbonyl (C=O) groups is 2. The van der Waals surface area contributed by atoms with Crippen molar-refractivity contribution in [1.82, 2.24) is 10.3 Å². The minimum absolute atomic E-state index is 0.0562. The number of carbonyl (C=O) groups excluding carboxylic acids is 2. The molecule has 0 aliphatic carbocycles. The fourth-order valence-corrected chi connectivity index (χ4v) is 2.14. The van der Waals surface area contributed by atoms with Crippen molar-refractivity contribution in [2.24, 2.45) is 0 Å². The summed E-state index contributed by atoms with van der Waals surface area (Å²) in [6, 6.07) is 7.40. The maximum Gasteiger partial charge on any atom is 0.259 e. The molecule has 1 aromatic heterocycles. The Kier molecular flexibility index (Phi) is 5.18. The van der Waals surface area contributed by atoms with Gasteiger partial charge >= 0.3 is 0 Å². The second-order valence-corrected chi connectivity index (χ2v) is 5.49. The third kappa shape index (κ3) is 4.34. The normalized spacial score (nSPS) is 9.86. The molecular weight excluding hydrogens is 370 g/mol. The Balaban J connectivity index is 1.98. The zero-order valence-electron chi connectivity index (χ0n) is 11.0. The van der Waals surface area contributed by atoms with Crippen LogP contribution in [0.1, 0.15) is 20.7 Å². The van der Waals surface area contributed by atoms with E-state index in [4.69, 9.17) is 12.2 Å². The van der Waals surface area contributed by atoms with Crippen LogP contribution in [0.5, 0.6) is 0 Å². The number of aromatic carboxylic acids is 1. The Hall–Kier alpha value is -2.32. The van der Waals surface area contributed by atoms with Crippen molar-refractivity contribution in [2.75, 3.05) is 5.32 Å². The largest absolute Gasteiger partial charge is 0.545 e. The Bertz CT molecular complexity index is 734. The molecular formula is C14H9BrN3O3S-. The fraction of sp³-hybridized carbons (Fsp3) is 0. The van der Waals surface area contributed by atoms with Crippen molar-refractivity contribution in [3.63, 3.8) is 0 Å². The maximum absolute atomic E-state index is 12.0. The average molecular weight is 379 g/mol. The van der Waals surface area contributed by atoms with Crippen LogP contribution in [0.3, 0.4) is 0 Å². The topological polar surface area (TPSA) is 94.1 Å². The zero-order chi connectivity index (χ0) is 16.1. The Morgan fingerprint density at radius 1 is 1.14 bits per heavy atom. The van der Waals surface area contributed by atoms with E-state index in [0.717, 1.165) is 0 Å². The van der Waals surface area contributed by atoms with Crippen molar-refractivity contribution in [3.8, 4) is 0 Å². The number of pyridine rings is 1. The molecule has 6 nitrogen and oxygen atoms in total. The van der Waals surface area contributed by atoms with Crippen molar-refractivity contribution < 1.29 is 14.7 Å². The maximum atomic E-state index is 12.0. The summed E-state index contributed by atoms with van der Waals surface area (Å²) < 4.78 is 0.678. The van der Waals surface area contributed by atoms with Crippen molar-refractivity contribution in [1.29, 1.82) is 0 Å². The molecule has 0 aliphatic heterocycles. The number of anilines is 1. The predicted octanol–water partition coefficient (Wildman–Crippen LogP) is 1.33. The highest BCUT2D eigenvalue weighted by Gasteiger charge is 2.08. The molecule has 112 valence electrons. The van der Waals surface area contributed by atoms with Gasteiger partial charge in [-0.25, -0.2) is 0 Å². The van der Waals surface area contributed by atoms with Gasteiger partial charge in [-0.2, -0.15) is 0 Å². The summed E-state index contributed by atoms with van der Waals surface area (Å²) in [4.78, 5) is 26.5. The lowest BCUT2D eigenvalue weighted by Crippen LogP contribution is -2.34. The van der Waals surface area contributed by atoms with Gasteiger partial charge in [-0.3, -0.25) is 15.1 Å². The molecule has 2 N–H and O–H groups in total. The molecule has 2 aromatic rings. The lowest BCUT2D eigenvalue weighted by Gasteiger charge is -2.10. The van der Waals surface area contributed by atoms with Crippen LogP contribution in [0.15, 0.2) is 47.2 Å². The molecule has 0 unspecified atom stereocenters. The molecule has 1 aromatic carbocycles. The number of aromatic nitrogens is 1. The van der Waals surface area contributed by atoms with Crippen LogP contribution in [0, 0.1) is 0 Å². The molecule has 8 heteroatoms. The molecule has 0 saturated heterocycles. The van der Waals surface area contributed by atoms with E-state index in [1.807, 2.05) is 0 Å². The van der Waals surface area contributed by atoms with Crippen molar-refractivity contribution >= 4 is 50.8 Å². The van der Waals surface area contributed by atoms with Gasteiger partial charge in [-0.05, 0) is 51.9 Å². The first kappa shape index (κ1) is 16.1. The van der Waals surface area contributed by atoms with Crippen molar-refractivity contribution in [2.45, 2.75) is 0 Å². The summed E-state index contributed by atoms with van der Waals surface area (Å²) in [5.41, 5.74) is 0.953. The van der Waals surface area contributed by atoms with Gasteiger partial charge in [0.15, 0.2) is 5.11 Å². The minimum atomic E-state index is -1.26. The van der Waals surface area contributed by atoms with Gasteiger partial charge in [0.05, 0.1) is 11.5 Å². The van der Waals surface area contributed by atoms with E-state index in [-0.39, 0.29) is 10.7 Å². The van der Waals surface area contributed by atoms with Crippen LogP contribution in [-0.2, 0) is 0 Å². The minimum Gasteiger partial charge on any atom is -0.545 e. The van der Waals surface area contributed by atoms with Gasteiger partial charge in [0.2, 0.25) is 0 Å². The van der Waals surface area contributed by atoms with Gasteiger partial charge in [0, 0.05) is 22.6 Å². The first-order valence-corrected chi connectivity index (χ1v) is 7.20. The molecule has 0 fully saturated rings. The number of carboxylic acids is 1. The lowest BCUT2D eigenvalue weighted by atomic mass is 10.2. The van der Waals surface area contributed by atoms with Crippen LogP contribution in [0.2, 0.25) is 0 Å². The monoisotopic (exact) mass is 378 g/mol. The summed E-state index contributed by atoms with van der Waals surface area (Å²) in [6.45, 7) is 0. The van der Waals surface area contributed by atoms with E-state index in [1.165, 1.54) is 30.5 Å². The van der Waals surface area contributed by atoms with E-state index >= 15 is 0 Å². The van der Waals surface area contributed by atoms with Crippen LogP contribution in [-0.4, -0.2) is 22.0 Å². The van der Waals surface area contributed by atoms with E-state index in [0.29, 0.717) is 15.7 Å². The van der Waals surface area contributed by atoms with Gasteiger partial charge in [-0.15, -0.1) is 0 Å². The fourth-order valence-electron chi connectivity index (χ4n) is 1.56. The second kappa shape index (κ2) is 7.10. The van der Waals surface area contributed by atoms with E-state index in [1.54, 1.807) is 12.3 Å². The van der Waals surface area contributed by atoms with Gasteiger partial charge in [-0.1, -0.05) is 12.1 Å². The summed E-state index contributed by atoms with van der Waals surface area (Å²) in [6.07, 6.45) is 2.98. The van der Waals surface area contributed by atoms with E-state index in [9.17, 15) is 14.7 Å². The number of rotatable bonds is 3. The molecule has 1 amide bonds. The number of halogens is 1. The highest BCUT2D eigenvalue weighted by atomic mass is 79.9. The molecule has 2 rings (SSSR count). The lowest BCUT2D eigenvalue weighted by molar-refractivity contribution is -0.255. The molecule has 0 aliphatic rings. The zero-order valence-corrected chi connectivity index (χ0v) is 13.4.